The van der Waals surface area contributed by atoms with Crippen molar-refractivity contribution in [2.24, 2.45) is 11.1 Å². The number of halogens is 1. The van der Waals surface area contributed by atoms with E-state index in [2.05, 4.69) is 5.32 Å². The Kier molecular flexibility index (Phi) is 11.4. The van der Waals surface area contributed by atoms with Crippen LogP contribution in [0.5, 0.6) is 5.75 Å². The van der Waals surface area contributed by atoms with Gasteiger partial charge in [-0.15, -0.1) is 12.4 Å². The van der Waals surface area contributed by atoms with Gasteiger partial charge in [-0.05, 0) is 42.5 Å². The molecule has 0 aliphatic rings. The van der Waals surface area contributed by atoms with Crippen LogP contribution in [0, 0.1) is 5.41 Å². The summed E-state index contributed by atoms with van der Waals surface area (Å²) in [5.41, 5.74) is 7.76. The van der Waals surface area contributed by atoms with E-state index in [1.54, 1.807) is 4.90 Å². The number of hydrogen-bond acceptors (Lipinski definition) is 4. The van der Waals surface area contributed by atoms with Crippen LogP contribution >= 0.6 is 12.4 Å². The summed E-state index contributed by atoms with van der Waals surface area (Å²) in [6.07, 6.45) is 0.386. The normalized spacial score (nSPS) is 12.8. The van der Waals surface area contributed by atoms with Crippen molar-refractivity contribution in [3.8, 4) is 5.75 Å². The maximum Gasteiger partial charge on any atom is 0.245 e. The quantitative estimate of drug-likeness (QED) is 0.544. The standard InChI is InChI=1S/C26H37N3O3.ClH/c1-6-29(7-2)25(31)22(28-24(30)23(27)26(3,4)5)17-19-13-15-21(16-14-19)32-18-20-11-9-8-10-12-20;/h8-16,22-23H,6-7,17-18,27H2,1-5H3,(H,28,30);1H. The Labute approximate surface area is 204 Å². The highest BCUT2D eigenvalue weighted by Crippen LogP contribution is 2.19. The van der Waals surface area contributed by atoms with Gasteiger partial charge in [-0.3, -0.25) is 9.59 Å². The fourth-order valence-electron chi connectivity index (χ4n) is 3.31. The van der Waals surface area contributed by atoms with Crippen LogP contribution in [0.15, 0.2) is 54.6 Å². The highest BCUT2D eigenvalue weighted by molar-refractivity contribution is 5.90. The predicted molar refractivity (Wildman–Crippen MR) is 135 cm³/mol. The number of amides is 2. The third-order valence-electron chi connectivity index (χ3n) is 5.52. The summed E-state index contributed by atoms with van der Waals surface area (Å²) >= 11 is 0. The van der Waals surface area contributed by atoms with Gasteiger partial charge in [0.05, 0.1) is 6.04 Å². The number of rotatable bonds is 10. The Bertz CT molecular complexity index is 863. The van der Waals surface area contributed by atoms with Crippen molar-refractivity contribution in [1.82, 2.24) is 10.2 Å². The van der Waals surface area contributed by atoms with Crippen molar-refractivity contribution >= 4 is 24.2 Å². The van der Waals surface area contributed by atoms with E-state index >= 15 is 0 Å². The first-order valence-electron chi connectivity index (χ1n) is 11.3. The summed E-state index contributed by atoms with van der Waals surface area (Å²) < 4.78 is 5.84. The third-order valence-corrected chi connectivity index (χ3v) is 5.52. The SMILES string of the molecule is CCN(CC)C(=O)C(Cc1ccc(OCc2ccccc2)cc1)NC(=O)C(N)C(C)(C)C.Cl. The summed E-state index contributed by atoms with van der Waals surface area (Å²) in [7, 11) is 0. The van der Waals surface area contributed by atoms with Gasteiger partial charge in [-0.1, -0.05) is 63.2 Å². The molecule has 0 spiro atoms. The summed E-state index contributed by atoms with van der Waals surface area (Å²) in [5.74, 6) is 0.336. The Morgan fingerprint density at radius 3 is 2.06 bits per heavy atom. The molecule has 2 aromatic rings. The highest BCUT2D eigenvalue weighted by atomic mass is 35.5. The van der Waals surface area contributed by atoms with Gasteiger partial charge in [0.25, 0.3) is 0 Å². The molecule has 7 heteroatoms. The van der Waals surface area contributed by atoms with E-state index in [1.807, 2.05) is 89.2 Å². The Hall–Kier alpha value is -2.57. The van der Waals surface area contributed by atoms with Gasteiger partial charge in [0.15, 0.2) is 0 Å². The number of nitrogens with two attached hydrogens (primary N) is 1. The Morgan fingerprint density at radius 1 is 0.970 bits per heavy atom. The molecule has 3 N–H and O–H groups in total. The topological polar surface area (TPSA) is 84.7 Å². The maximum absolute atomic E-state index is 13.1. The second kappa shape index (κ2) is 13.2. The van der Waals surface area contributed by atoms with Crippen LogP contribution < -0.4 is 15.8 Å². The molecule has 0 aromatic heterocycles. The number of nitrogens with one attached hydrogen (secondary N) is 1. The van der Waals surface area contributed by atoms with E-state index in [4.69, 9.17) is 10.5 Å². The molecule has 0 aliphatic carbocycles. The highest BCUT2D eigenvalue weighted by Gasteiger charge is 2.32. The molecule has 0 fully saturated rings. The predicted octanol–water partition coefficient (Wildman–Crippen LogP) is 3.96. The first-order valence-corrected chi connectivity index (χ1v) is 11.3. The zero-order valence-corrected chi connectivity index (χ0v) is 21.2. The molecule has 0 saturated heterocycles. The van der Waals surface area contributed by atoms with Crippen molar-refractivity contribution in [3.63, 3.8) is 0 Å². The number of carbonyl (C=O) groups is 2. The van der Waals surface area contributed by atoms with Crippen molar-refractivity contribution in [2.45, 2.75) is 59.7 Å². The van der Waals surface area contributed by atoms with Gasteiger partial charge in [-0.25, -0.2) is 0 Å². The molecule has 33 heavy (non-hydrogen) atoms. The van der Waals surface area contributed by atoms with Gasteiger partial charge in [0.1, 0.15) is 18.4 Å². The molecule has 0 bridgehead atoms. The second-order valence-corrected chi connectivity index (χ2v) is 9.04. The van der Waals surface area contributed by atoms with E-state index < -0.39 is 17.5 Å². The molecule has 0 saturated carbocycles. The lowest BCUT2D eigenvalue weighted by atomic mass is 9.86. The van der Waals surface area contributed by atoms with Crippen LogP contribution in [0.1, 0.15) is 45.7 Å². The molecule has 0 radical (unpaired) electrons. The number of nitrogens with zero attached hydrogens (tertiary/aromatic N) is 1. The van der Waals surface area contributed by atoms with Gasteiger partial charge >= 0.3 is 0 Å². The molecule has 2 unspecified atom stereocenters. The molecule has 182 valence electrons. The molecular formula is C26H38ClN3O3. The molecule has 2 aromatic carbocycles. The third kappa shape index (κ3) is 8.71. The number of hydrogen-bond donors (Lipinski definition) is 2. The minimum Gasteiger partial charge on any atom is -0.489 e. The Morgan fingerprint density at radius 2 is 1.55 bits per heavy atom. The smallest absolute Gasteiger partial charge is 0.245 e. The van der Waals surface area contributed by atoms with E-state index in [0.717, 1.165) is 16.9 Å². The summed E-state index contributed by atoms with van der Waals surface area (Å²) in [5, 5.41) is 2.90. The van der Waals surface area contributed by atoms with Crippen molar-refractivity contribution in [2.75, 3.05) is 13.1 Å². The minimum atomic E-state index is -0.705. The maximum atomic E-state index is 13.1. The number of likely N-dealkylation sites (N-methyl/N-ethyl adjacent to an activating group) is 1. The summed E-state index contributed by atoms with van der Waals surface area (Å²) in [6.45, 7) is 11.2. The zero-order chi connectivity index (χ0) is 23.7. The lowest BCUT2D eigenvalue weighted by Crippen LogP contribution is -2.56. The Balaban J connectivity index is 0.00000544. The van der Waals surface area contributed by atoms with E-state index in [9.17, 15) is 9.59 Å². The number of benzene rings is 2. The van der Waals surface area contributed by atoms with Crippen molar-refractivity contribution < 1.29 is 14.3 Å². The largest absolute Gasteiger partial charge is 0.489 e. The van der Waals surface area contributed by atoms with Crippen LogP contribution in [0.4, 0.5) is 0 Å². The van der Waals surface area contributed by atoms with E-state index in [0.29, 0.717) is 26.1 Å². The van der Waals surface area contributed by atoms with Crippen molar-refractivity contribution in [1.29, 1.82) is 0 Å². The fraction of sp³-hybridized carbons (Fsp3) is 0.462. The lowest BCUT2D eigenvalue weighted by Gasteiger charge is -2.30. The lowest BCUT2D eigenvalue weighted by molar-refractivity contribution is -0.137. The van der Waals surface area contributed by atoms with E-state index in [-0.39, 0.29) is 24.2 Å². The minimum absolute atomic E-state index is 0. The summed E-state index contributed by atoms with van der Waals surface area (Å²) in [6, 6.07) is 16.2. The van der Waals surface area contributed by atoms with Gasteiger partial charge in [0, 0.05) is 19.5 Å². The van der Waals surface area contributed by atoms with Gasteiger partial charge < -0.3 is 20.7 Å². The van der Waals surface area contributed by atoms with E-state index in [1.165, 1.54) is 0 Å². The average Bonchev–Trinajstić information content (AvgIpc) is 2.78. The fourth-order valence-corrected chi connectivity index (χ4v) is 3.31. The average molecular weight is 476 g/mol. The van der Waals surface area contributed by atoms with Crippen LogP contribution in [0.2, 0.25) is 0 Å². The number of carbonyl (C=O) groups excluding carboxylic acids is 2. The van der Waals surface area contributed by atoms with Gasteiger partial charge in [0.2, 0.25) is 11.8 Å². The molecular weight excluding hydrogens is 438 g/mol. The molecule has 6 nitrogen and oxygen atoms in total. The molecule has 2 atom stereocenters. The van der Waals surface area contributed by atoms with Gasteiger partial charge in [-0.2, -0.15) is 0 Å². The first kappa shape index (κ1) is 28.5. The molecule has 0 heterocycles. The summed E-state index contributed by atoms with van der Waals surface area (Å²) in [4.78, 5) is 27.6. The molecule has 0 aliphatic heterocycles. The molecule has 2 amide bonds. The van der Waals surface area contributed by atoms with Crippen LogP contribution in [-0.2, 0) is 22.6 Å². The van der Waals surface area contributed by atoms with Crippen LogP contribution in [0.25, 0.3) is 0 Å². The molecule has 2 rings (SSSR count). The zero-order valence-electron chi connectivity index (χ0n) is 20.3. The van der Waals surface area contributed by atoms with Crippen molar-refractivity contribution in [3.05, 3.63) is 65.7 Å². The van der Waals surface area contributed by atoms with Crippen LogP contribution in [0.3, 0.4) is 0 Å². The first-order chi connectivity index (χ1) is 15.2. The second-order valence-electron chi connectivity index (χ2n) is 9.04. The van der Waals surface area contributed by atoms with Crippen LogP contribution in [-0.4, -0.2) is 41.9 Å². The monoisotopic (exact) mass is 475 g/mol. The number of ether oxygens (including phenoxy) is 1.